The van der Waals surface area contributed by atoms with Crippen molar-refractivity contribution in [3.8, 4) is 17.2 Å². The predicted octanol–water partition coefficient (Wildman–Crippen LogP) is 4.55. The molecule has 156 valence electrons. The molecule has 3 rings (SSSR count). The Morgan fingerprint density at radius 2 is 1.47 bits per heavy atom. The molecule has 0 saturated heterocycles. The third-order valence-corrected chi connectivity index (χ3v) is 4.31. The number of methoxy groups -OCH3 is 3. The lowest BCUT2D eigenvalue weighted by molar-refractivity contribution is -0.383. The second-order valence-electron chi connectivity index (χ2n) is 5.84. The van der Waals surface area contributed by atoms with Gasteiger partial charge >= 0.3 is 5.69 Å². The number of halogens is 1. The quantitative estimate of drug-likeness (QED) is 0.390. The van der Waals surface area contributed by atoms with Gasteiger partial charge in [0.05, 0.1) is 37.6 Å². The SMILES string of the molecule is COc1ccc(OC)c(Nc2ncnc(Nc3cc(Cl)ccc3OC)c2[N+](=O)[O-])c1. The van der Waals surface area contributed by atoms with Crippen molar-refractivity contribution in [2.75, 3.05) is 32.0 Å². The summed E-state index contributed by atoms with van der Waals surface area (Å²) < 4.78 is 15.8. The van der Waals surface area contributed by atoms with Crippen LogP contribution in [-0.4, -0.2) is 36.2 Å². The lowest BCUT2D eigenvalue weighted by Gasteiger charge is -2.14. The van der Waals surface area contributed by atoms with Crippen LogP contribution in [0.4, 0.5) is 28.7 Å². The van der Waals surface area contributed by atoms with Gasteiger partial charge in [-0.05, 0) is 30.3 Å². The van der Waals surface area contributed by atoms with E-state index in [2.05, 4.69) is 20.6 Å². The molecule has 0 saturated carbocycles. The van der Waals surface area contributed by atoms with Crippen LogP contribution in [0.2, 0.25) is 5.02 Å². The second kappa shape index (κ2) is 9.14. The van der Waals surface area contributed by atoms with Crippen LogP contribution in [0.3, 0.4) is 0 Å². The van der Waals surface area contributed by atoms with E-state index in [0.717, 1.165) is 0 Å². The number of hydrogen-bond donors (Lipinski definition) is 2. The molecule has 0 atom stereocenters. The second-order valence-corrected chi connectivity index (χ2v) is 6.27. The van der Waals surface area contributed by atoms with Crippen LogP contribution in [0.15, 0.2) is 42.7 Å². The highest BCUT2D eigenvalue weighted by Gasteiger charge is 2.25. The van der Waals surface area contributed by atoms with Crippen molar-refractivity contribution >= 4 is 40.3 Å². The summed E-state index contributed by atoms with van der Waals surface area (Å²) in [6.07, 6.45) is 1.20. The van der Waals surface area contributed by atoms with E-state index >= 15 is 0 Å². The monoisotopic (exact) mass is 431 g/mol. The molecule has 2 N–H and O–H groups in total. The number of anilines is 4. The molecule has 1 aromatic heterocycles. The van der Waals surface area contributed by atoms with E-state index in [-0.39, 0.29) is 17.3 Å². The maximum atomic E-state index is 11.9. The zero-order valence-corrected chi connectivity index (χ0v) is 17.1. The van der Waals surface area contributed by atoms with Gasteiger partial charge in [0.2, 0.25) is 11.6 Å². The third-order valence-electron chi connectivity index (χ3n) is 4.08. The number of rotatable bonds is 8. The summed E-state index contributed by atoms with van der Waals surface area (Å²) in [6.45, 7) is 0. The first-order chi connectivity index (χ1) is 14.5. The lowest BCUT2D eigenvalue weighted by atomic mass is 10.2. The van der Waals surface area contributed by atoms with Crippen LogP contribution in [-0.2, 0) is 0 Å². The minimum absolute atomic E-state index is 0.0370. The first-order valence-corrected chi connectivity index (χ1v) is 8.93. The fraction of sp³-hybridized carbons (Fsp3) is 0.158. The average Bonchev–Trinajstić information content (AvgIpc) is 2.73. The lowest BCUT2D eigenvalue weighted by Crippen LogP contribution is -2.06. The average molecular weight is 432 g/mol. The van der Waals surface area contributed by atoms with E-state index in [1.165, 1.54) is 27.7 Å². The molecule has 0 fully saturated rings. The zero-order valence-electron chi connectivity index (χ0n) is 16.3. The van der Waals surface area contributed by atoms with Crippen molar-refractivity contribution in [1.29, 1.82) is 0 Å². The molecule has 11 heteroatoms. The van der Waals surface area contributed by atoms with Crippen molar-refractivity contribution < 1.29 is 19.1 Å². The van der Waals surface area contributed by atoms with Gasteiger partial charge in [0.25, 0.3) is 0 Å². The van der Waals surface area contributed by atoms with Gasteiger partial charge in [0.15, 0.2) is 0 Å². The van der Waals surface area contributed by atoms with Crippen molar-refractivity contribution in [1.82, 2.24) is 9.97 Å². The van der Waals surface area contributed by atoms with Crippen LogP contribution >= 0.6 is 11.6 Å². The van der Waals surface area contributed by atoms with Gasteiger partial charge in [-0.2, -0.15) is 0 Å². The fourth-order valence-corrected chi connectivity index (χ4v) is 2.85. The Labute approximate surface area is 176 Å². The van der Waals surface area contributed by atoms with Gasteiger partial charge in [0, 0.05) is 11.1 Å². The summed E-state index contributed by atoms with van der Waals surface area (Å²) in [6, 6.07) is 9.86. The Hall–Kier alpha value is -3.79. The van der Waals surface area contributed by atoms with Crippen molar-refractivity contribution in [3.63, 3.8) is 0 Å². The van der Waals surface area contributed by atoms with Gasteiger partial charge < -0.3 is 24.8 Å². The minimum Gasteiger partial charge on any atom is -0.497 e. The highest BCUT2D eigenvalue weighted by Crippen LogP contribution is 2.38. The zero-order chi connectivity index (χ0) is 21.7. The first kappa shape index (κ1) is 20.9. The van der Waals surface area contributed by atoms with E-state index in [9.17, 15) is 10.1 Å². The standard InChI is InChI=1S/C19H18ClN5O5/c1-28-12-5-7-16(30-3)14(9-12)24-19-17(25(26)27)18(21-10-22-19)23-13-8-11(20)4-6-15(13)29-2/h4-10H,1-3H3,(H2,21,22,23,24). The van der Waals surface area contributed by atoms with Crippen LogP contribution in [0, 0.1) is 10.1 Å². The molecule has 0 bridgehead atoms. The van der Waals surface area contributed by atoms with Crippen LogP contribution < -0.4 is 24.8 Å². The van der Waals surface area contributed by atoms with Crippen molar-refractivity contribution in [2.24, 2.45) is 0 Å². The molecule has 0 unspecified atom stereocenters. The van der Waals surface area contributed by atoms with E-state index < -0.39 is 4.92 Å². The summed E-state index contributed by atoms with van der Waals surface area (Å²) in [5.41, 5.74) is 0.478. The molecule has 2 aromatic carbocycles. The van der Waals surface area contributed by atoms with E-state index in [1.54, 1.807) is 36.4 Å². The number of ether oxygens (including phenoxy) is 3. The molecule has 0 spiro atoms. The largest absolute Gasteiger partial charge is 0.497 e. The Balaban J connectivity index is 2.05. The van der Waals surface area contributed by atoms with Crippen LogP contribution in [0.25, 0.3) is 0 Å². The molecular formula is C19H18ClN5O5. The molecule has 30 heavy (non-hydrogen) atoms. The van der Waals surface area contributed by atoms with E-state index in [1.807, 2.05) is 0 Å². The summed E-state index contributed by atoms with van der Waals surface area (Å²) in [5.74, 6) is 1.35. The van der Waals surface area contributed by atoms with Crippen molar-refractivity contribution in [2.45, 2.75) is 0 Å². The van der Waals surface area contributed by atoms with Crippen LogP contribution in [0.1, 0.15) is 0 Å². The number of nitrogens with zero attached hydrogens (tertiary/aromatic N) is 3. The van der Waals surface area contributed by atoms with Gasteiger partial charge in [-0.3, -0.25) is 10.1 Å². The minimum atomic E-state index is -0.589. The normalized spacial score (nSPS) is 10.3. The van der Waals surface area contributed by atoms with Gasteiger partial charge in [-0.1, -0.05) is 11.6 Å². The van der Waals surface area contributed by atoms with Gasteiger partial charge in [-0.15, -0.1) is 0 Å². The van der Waals surface area contributed by atoms with E-state index in [0.29, 0.717) is 33.6 Å². The Kier molecular flexibility index (Phi) is 6.38. The number of hydrogen-bond acceptors (Lipinski definition) is 9. The number of nitro groups is 1. The van der Waals surface area contributed by atoms with Gasteiger partial charge in [0.1, 0.15) is 23.6 Å². The van der Waals surface area contributed by atoms with E-state index in [4.69, 9.17) is 25.8 Å². The summed E-state index contributed by atoms with van der Waals surface area (Å²) in [7, 11) is 4.48. The number of benzene rings is 2. The summed E-state index contributed by atoms with van der Waals surface area (Å²) in [5, 5.41) is 18.1. The molecule has 10 nitrogen and oxygen atoms in total. The Morgan fingerprint density at radius 3 is 2.00 bits per heavy atom. The molecule has 1 heterocycles. The first-order valence-electron chi connectivity index (χ1n) is 8.55. The number of nitrogens with one attached hydrogen (secondary N) is 2. The highest BCUT2D eigenvalue weighted by molar-refractivity contribution is 6.31. The summed E-state index contributed by atoms with van der Waals surface area (Å²) in [4.78, 5) is 19.3. The molecular weight excluding hydrogens is 414 g/mol. The van der Waals surface area contributed by atoms with Crippen molar-refractivity contribution in [3.05, 3.63) is 57.9 Å². The molecule has 0 radical (unpaired) electrons. The predicted molar refractivity (Wildman–Crippen MR) is 113 cm³/mol. The topological polar surface area (TPSA) is 121 Å². The smallest absolute Gasteiger partial charge is 0.353 e. The molecule has 0 aliphatic carbocycles. The molecule has 0 aliphatic heterocycles. The van der Waals surface area contributed by atoms with Crippen LogP contribution in [0.5, 0.6) is 17.2 Å². The van der Waals surface area contributed by atoms with Gasteiger partial charge in [-0.25, -0.2) is 9.97 Å². The Morgan fingerprint density at radius 1 is 0.900 bits per heavy atom. The maximum Gasteiger partial charge on any atom is 0.353 e. The highest BCUT2D eigenvalue weighted by atomic mass is 35.5. The fourth-order valence-electron chi connectivity index (χ4n) is 2.68. The summed E-state index contributed by atoms with van der Waals surface area (Å²) >= 11 is 6.04. The number of aromatic nitrogens is 2. The Bertz CT molecular complexity index is 1080. The third kappa shape index (κ3) is 4.44. The molecule has 0 aliphatic rings. The molecule has 3 aromatic rings. The molecule has 0 amide bonds. The maximum absolute atomic E-state index is 11.9.